The first-order chi connectivity index (χ1) is 17.5. The molecule has 2 amide bonds. The Hall–Kier alpha value is -3.00. The van der Waals surface area contributed by atoms with Gasteiger partial charge >= 0.3 is 0 Å². The lowest BCUT2D eigenvalue weighted by molar-refractivity contribution is 0.0664. The number of hydrogen-bond acceptors (Lipinski definition) is 5. The van der Waals surface area contributed by atoms with Crippen molar-refractivity contribution in [2.24, 2.45) is 0 Å². The molecule has 0 radical (unpaired) electrons. The molecular formula is C29H34N4O2S. The van der Waals surface area contributed by atoms with Crippen LogP contribution in [0, 0.1) is 0 Å². The normalized spacial score (nSPS) is 17.8. The first kappa shape index (κ1) is 24.7. The van der Waals surface area contributed by atoms with Gasteiger partial charge in [0.05, 0.1) is 4.88 Å². The molecule has 0 spiro atoms. The lowest BCUT2D eigenvalue weighted by Gasteiger charge is -2.32. The van der Waals surface area contributed by atoms with Crippen molar-refractivity contribution in [1.29, 1.82) is 0 Å². The van der Waals surface area contributed by atoms with Gasteiger partial charge in [0.2, 0.25) is 0 Å². The Balaban J connectivity index is 1.13. The van der Waals surface area contributed by atoms with E-state index in [4.69, 9.17) is 0 Å². The Bertz CT molecular complexity index is 1160. The molecule has 2 aliphatic rings. The number of amides is 2. The number of thiophene rings is 1. The fraction of sp³-hybridized carbons (Fsp3) is 0.379. The van der Waals surface area contributed by atoms with Crippen LogP contribution in [-0.4, -0.2) is 78.9 Å². The highest BCUT2D eigenvalue weighted by Gasteiger charge is 2.23. The maximum Gasteiger partial charge on any atom is 0.261 e. The van der Waals surface area contributed by atoms with Crippen LogP contribution in [0.2, 0.25) is 0 Å². The highest BCUT2D eigenvalue weighted by atomic mass is 32.1. The van der Waals surface area contributed by atoms with E-state index in [2.05, 4.69) is 46.4 Å². The number of benzene rings is 2. The molecule has 36 heavy (non-hydrogen) atoms. The number of rotatable bonds is 6. The summed E-state index contributed by atoms with van der Waals surface area (Å²) in [7, 11) is 2.09. The lowest BCUT2D eigenvalue weighted by atomic mass is 10.0. The molecule has 2 fully saturated rings. The first-order valence-corrected chi connectivity index (χ1v) is 13.6. The number of piperidine rings is 1. The molecule has 3 aromatic rings. The van der Waals surface area contributed by atoms with E-state index in [1.165, 1.54) is 16.9 Å². The highest BCUT2D eigenvalue weighted by molar-refractivity contribution is 7.17. The Morgan fingerprint density at radius 2 is 1.56 bits per heavy atom. The van der Waals surface area contributed by atoms with Gasteiger partial charge in [0.1, 0.15) is 0 Å². The summed E-state index contributed by atoms with van der Waals surface area (Å²) >= 11 is 1.50. The minimum atomic E-state index is 0.00891. The molecule has 1 N–H and O–H groups in total. The van der Waals surface area contributed by atoms with Gasteiger partial charge in [-0.15, -0.1) is 11.3 Å². The fourth-order valence-corrected chi connectivity index (χ4v) is 5.83. The SMILES string of the molecule is CN1CCN(C(=O)c2ccc(-c3ccc(C(=O)NC4CCN(Cc5ccccc5)CC4)s3)cc2)CC1. The highest BCUT2D eigenvalue weighted by Crippen LogP contribution is 2.29. The van der Waals surface area contributed by atoms with Gasteiger partial charge in [-0.05, 0) is 55.3 Å². The topological polar surface area (TPSA) is 55.9 Å². The zero-order valence-electron chi connectivity index (χ0n) is 20.9. The lowest BCUT2D eigenvalue weighted by Crippen LogP contribution is -2.47. The van der Waals surface area contributed by atoms with Crippen molar-refractivity contribution in [2.45, 2.75) is 25.4 Å². The summed E-state index contributed by atoms with van der Waals surface area (Å²) in [6.07, 6.45) is 1.94. The quantitative estimate of drug-likeness (QED) is 0.549. The van der Waals surface area contributed by atoms with Gasteiger partial charge in [0.15, 0.2) is 0 Å². The monoisotopic (exact) mass is 502 g/mol. The molecule has 6 nitrogen and oxygen atoms in total. The molecule has 0 aliphatic carbocycles. The second-order valence-electron chi connectivity index (χ2n) is 9.85. The predicted octanol–water partition coefficient (Wildman–Crippen LogP) is 4.20. The van der Waals surface area contributed by atoms with Crippen LogP contribution in [0.5, 0.6) is 0 Å². The van der Waals surface area contributed by atoms with Gasteiger partial charge in [0, 0.05) is 62.3 Å². The van der Waals surface area contributed by atoms with E-state index in [9.17, 15) is 9.59 Å². The standard InChI is InChI=1S/C29H34N4O2S/c1-31-17-19-33(20-18-31)29(35)24-9-7-23(8-10-24)26-11-12-27(36-26)28(34)30-25-13-15-32(16-14-25)21-22-5-3-2-4-6-22/h2-12,25H,13-21H2,1H3,(H,30,34). The molecule has 1 aromatic heterocycles. The number of nitrogens with one attached hydrogen (secondary N) is 1. The molecule has 0 saturated carbocycles. The van der Waals surface area contributed by atoms with Gasteiger partial charge in [-0.2, -0.15) is 0 Å². The zero-order valence-corrected chi connectivity index (χ0v) is 21.7. The van der Waals surface area contributed by atoms with E-state index >= 15 is 0 Å². The zero-order chi connectivity index (χ0) is 24.9. The van der Waals surface area contributed by atoms with Crippen molar-refractivity contribution in [1.82, 2.24) is 20.0 Å². The molecule has 3 heterocycles. The van der Waals surface area contributed by atoms with Crippen molar-refractivity contribution >= 4 is 23.2 Å². The van der Waals surface area contributed by atoms with E-state index in [-0.39, 0.29) is 17.9 Å². The minimum Gasteiger partial charge on any atom is -0.349 e. The summed E-state index contributed by atoms with van der Waals surface area (Å²) in [5, 5.41) is 3.24. The van der Waals surface area contributed by atoms with Gasteiger partial charge in [-0.3, -0.25) is 14.5 Å². The van der Waals surface area contributed by atoms with Gasteiger partial charge in [0.25, 0.3) is 11.8 Å². The number of hydrogen-bond donors (Lipinski definition) is 1. The van der Waals surface area contributed by atoms with E-state index < -0.39 is 0 Å². The third-order valence-corrected chi connectivity index (χ3v) is 8.34. The summed E-state index contributed by atoms with van der Waals surface area (Å²) in [6, 6.07) is 22.4. The van der Waals surface area contributed by atoms with Crippen LogP contribution >= 0.6 is 11.3 Å². The number of piperazine rings is 1. The molecule has 5 rings (SSSR count). The van der Waals surface area contributed by atoms with Crippen LogP contribution in [0.1, 0.15) is 38.4 Å². The Labute approximate surface area is 217 Å². The number of likely N-dealkylation sites (tertiary alicyclic amines) is 1. The maximum absolute atomic E-state index is 12.9. The largest absolute Gasteiger partial charge is 0.349 e. The van der Waals surface area contributed by atoms with Crippen LogP contribution in [0.3, 0.4) is 0 Å². The molecule has 7 heteroatoms. The number of carbonyl (C=O) groups excluding carboxylic acids is 2. The summed E-state index contributed by atoms with van der Waals surface area (Å²) in [4.78, 5) is 34.1. The number of carbonyl (C=O) groups is 2. The van der Waals surface area contributed by atoms with Gasteiger partial charge in [-0.25, -0.2) is 0 Å². The smallest absolute Gasteiger partial charge is 0.261 e. The Kier molecular flexibility index (Phi) is 7.80. The fourth-order valence-electron chi connectivity index (χ4n) is 4.92. The predicted molar refractivity (Wildman–Crippen MR) is 145 cm³/mol. The van der Waals surface area contributed by atoms with Crippen LogP contribution in [-0.2, 0) is 6.54 Å². The number of likely N-dealkylation sites (N-methyl/N-ethyl adjacent to an activating group) is 1. The molecular weight excluding hydrogens is 468 g/mol. The summed E-state index contributed by atoms with van der Waals surface area (Å²) in [5.41, 5.74) is 3.09. The van der Waals surface area contributed by atoms with Gasteiger partial charge in [-0.1, -0.05) is 42.5 Å². The average Bonchev–Trinajstić information content (AvgIpc) is 3.41. The third-order valence-electron chi connectivity index (χ3n) is 7.21. The number of nitrogens with zero attached hydrogens (tertiary/aromatic N) is 3. The molecule has 0 bridgehead atoms. The van der Waals surface area contributed by atoms with Crippen LogP contribution < -0.4 is 5.32 Å². The van der Waals surface area contributed by atoms with E-state index in [1.54, 1.807) is 0 Å². The van der Waals surface area contributed by atoms with Crippen LogP contribution in [0.4, 0.5) is 0 Å². The van der Waals surface area contributed by atoms with Crippen molar-refractivity contribution in [3.05, 3.63) is 82.7 Å². The van der Waals surface area contributed by atoms with E-state index in [1.807, 2.05) is 47.4 Å². The van der Waals surface area contributed by atoms with Crippen molar-refractivity contribution in [3.8, 4) is 10.4 Å². The van der Waals surface area contributed by atoms with Crippen molar-refractivity contribution in [3.63, 3.8) is 0 Å². The minimum absolute atomic E-state index is 0.00891. The second kappa shape index (κ2) is 11.4. The molecule has 188 valence electrons. The van der Waals surface area contributed by atoms with Crippen molar-refractivity contribution < 1.29 is 9.59 Å². The molecule has 0 atom stereocenters. The third kappa shape index (κ3) is 6.03. The molecule has 0 unspecified atom stereocenters. The first-order valence-electron chi connectivity index (χ1n) is 12.8. The molecule has 2 aromatic carbocycles. The molecule has 2 saturated heterocycles. The van der Waals surface area contributed by atoms with E-state index in [0.29, 0.717) is 0 Å². The summed E-state index contributed by atoms with van der Waals surface area (Å²) in [5.74, 6) is 0.102. The summed E-state index contributed by atoms with van der Waals surface area (Å²) in [6.45, 7) is 6.32. The van der Waals surface area contributed by atoms with Crippen LogP contribution in [0.15, 0.2) is 66.7 Å². The maximum atomic E-state index is 12.9. The van der Waals surface area contributed by atoms with Crippen LogP contribution in [0.25, 0.3) is 10.4 Å². The summed E-state index contributed by atoms with van der Waals surface area (Å²) < 4.78 is 0. The van der Waals surface area contributed by atoms with Crippen molar-refractivity contribution in [2.75, 3.05) is 46.3 Å². The Morgan fingerprint density at radius 3 is 2.25 bits per heavy atom. The Morgan fingerprint density at radius 1 is 0.861 bits per heavy atom. The molecule has 2 aliphatic heterocycles. The van der Waals surface area contributed by atoms with E-state index in [0.717, 1.165) is 79.5 Å². The average molecular weight is 503 g/mol. The van der Waals surface area contributed by atoms with Gasteiger partial charge < -0.3 is 15.1 Å². The second-order valence-corrected chi connectivity index (χ2v) is 10.9.